The summed E-state index contributed by atoms with van der Waals surface area (Å²) in [6, 6.07) is 9.18. The number of hydrogen-bond donors (Lipinski definition) is 1. The lowest BCUT2D eigenvalue weighted by atomic mass is 10.0. The number of hydrogen-bond acceptors (Lipinski definition) is 2. The van der Waals surface area contributed by atoms with Gasteiger partial charge in [-0.3, -0.25) is 4.68 Å². The van der Waals surface area contributed by atoms with E-state index in [1.807, 2.05) is 17.9 Å². The molecule has 3 nitrogen and oxygen atoms in total. The standard InChI is InChI=1S/C16H23N3/c1-5-10-17-12(2)14-6-8-15(9-7-14)16-11-18-19(4)13(16)3/h6-9,11-12,17H,5,10H2,1-4H3. The average molecular weight is 257 g/mol. The van der Waals surface area contributed by atoms with E-state index in [4.69, 9.17) is 0 Å². The maximum absolute atomic E-state index is 4.29. The molecule has 1 unspecified atom stereocenters. The van der Waals surface area contributed by atoms with Gasteiger partial charge in [-0.05, 0) is 37.9 Å². The first-order valence-corrected chi connectivity index (χ1v) is 6.95. The van der Waals surface area contributed by atoms with Gasteiger partial charge in [0.2, 0.25) is 0 Å². The number of aromatic nitrogens is 2. The maximum atomic E-state index is 4.29. The smallest absolute Gasteiger partial charge is 0.0571 e. The Morgan fingerprint density at radius 2 is 1.95 bits per heavy atom. The summed E-state index contributed by atoms with van der Waals surface area (Å²) in [4.78, 5) is 0. The number of nitrogens with one attached hydrogen (secondary N) is 1. The molecule has 2 rings (SSSR count). The van der Waals surface area contributed by atoms with Gasteiger partial charge < -0.3 is 5.32 Å². The minimum absolute atomic E-state index is 0.406. The summed E-state index contributed by atoms with van der Waals surface area (Å²) < 4.78 is 1.91. The normalized spacial score (nSPS) is 12.6. The molecule has 3 heteroatoms. The molecule has 0 amide bonds. The van der Waals surface area contributed by atoms with E-state index < -0.39 is 0 Å². The molecular formula is C16H23N3. The summed E-state index contributed by atoms with van der Waals surface area (Å²) in [5.74, 6) is 0. The first kappa shape index (κ1) is 13.8. The minimum atomic E-state index is 0.406. The van der Waals surface area contributed by atoms with Crippen LogP contribution < -0.4 is 5.32 Å². The Hall–Kier alpha value is -1.61. The number of nitrogens with zero attached hydrogens (tertiary/aromatic N) is 2. The van der Waals surface area contributed by atoms with Crippen molar-refractivity contribution in [3.63, 3.8) is 0 Å². The van der Waals surface area contributed by atoms with E-state index in [0.717, 1.165) is 13.0 Å². The molecule has 0 fully saturated rings. The Bertz CT molecular complexity index is 525. The van der Waals surface area contributed by atoms with E-state index in [1.165, 1.54) is 22.4 Å². The van der Waals surface area contributed by atoms with Crippen LogP contribution in [0.25, 0.3) is 11.1 Å². The molecule has 1 atom stereocenters. The highest BCUT2D eigenvalue weighted by Gasteiger charge is 2.08. The van der Waals surface area contributed by atoms with Crippen LogP contribution in [0.3, 0.4) is 0 Å². The summed E-state index contributed by atoms with van der Waals surface area (Å²) in [6.07, 6.45) is 3.10. The predicted octanol–water partition coefficient (Wildman–Crippen LogP) is 3.46. The van der Waals surface area contributed by atoms with Gasteiger partial charge in [0.15, 0.2) is 0 Å². The highest BCUT2D eigenvalue weighted by atomic mass is 15.3. The molecular weight excluding hydrogens is 234 g/mol. The quantitative estimate of drug-likeness (QED) is 0.889. The third kappa shape index (κ3) is 3.04. The molecule has 19 heavy (non-hydrogen) atoms. The zero-order chi connectivity index (χ0) is 13.8. The molecule has 0 radical (unpaired) electrons. The number of benzene rings is 1. The largest absolute Gasteiger partial charge is 0.310 e. The molecule has 1 aromatic heterocycles. The maximum Gasteiger partial charge on any atom is 0.0571 e. The Morgan fingerprint density at radius 1 is 1.26 bits per heavy atom. The van der Waals surface area contributed by atoms with E-state index in [9.17, 15) is 0 Å². The number of aryl methyl sites for hydroxylation is 1. The summed E-state index contributed by atoms with van der Waals surface area (Å²) in [5, 5.41) is 7.80. The van der Waals surface area contributed by atoms with Crippen molar-refractivity contribution >= 4 is 0 Å². The zero-order valence-electron chi connectivity index (χ0n) is 12.3. The first-order chi connectivity index (χ1) is 9.13. The third-order valence-electron chi connectivity index (χ3n) is 3.66. The van der Waals surface area contributed by atoms with Gasteiger partial charge >= 0.3 is 0 Å². The second-order valence-corrected chi connectivity index (χ2v) is 5.07. The lowest BCUT2D eigenvalue weighted by Gasteiger charge is -2.14. The van der Waals surface area contributed by atoms with Crippen LogP contribution in [-0.4, -0.2) is 16.3 Å². The lowest BCUT2D eigenvalue weighted by molar-refractivity contribution is 0.571. The molecule has 0 saturated heterocycles. The fourth-order valence-electron chi connectivity index (χ4n) is 2.21. The highest BCUT2D eigenvalue weighted by molar-refractivity contribution is 5.65. The molecule has 1 aromatic carbocycles. The van der Waals surface area contributed by atoms with Crippen molar-refractivity contribution in [2.24, 2.45) is 7.05 Å². The van der Waals surface area contributed by atoms with E-state index in [2.05, 4.69) is 55.5 Å². The van der Waals surface area contributed by atoms with Crippen molar-refractivity contribution in [1.82, 2.24) is 15.1 Å². The zero-order valence-corrected chi connectivity index (χ0v) is 12.3. The summed E-state index contributed by atoms with van der Waals surface area (Å²) in [5.41, 5.74) is 4.98. The Balaban J connectivity index is 2.16. The Morgan fingerprint density at radius 3 is 2.47 bits per heavy atom. The summed E-state index contributed by atoms with van der Waals surface area (Å²) >= 11 is 0. The van der Waals surface area contributed by atoms with Crippen molar-refractivity contribution < 1.29 is 0 Å². The molecule has 0 aliphatic rings. The minimum Gasteiger partial charge on any atom is -0.310 e. The summed E-state index contributed by atoms with van der Waals surface area (Å²) in [7, 11) is 1.98. The second kappa shape index (κ2) is 6.02. The Labute approximate surface area is 115 Å². The molecule has 0 aliphatic carbocycles. The fourth-order valence-corrected chi connectivity index (χ4v) is 2.21. The van der Waals surface area contributed by atoms with Crippen molar-refractivity contribution in [3.05, 3.63) is 41.7 Å². The highest BCUT2D eigenvalue weighted by Crippen LogP contribution is 2.24. The third-order valence-corrected chi connectivity index (χ3v) is 3.66. The van der Waals surface area contributed by atoms with E-state index >= 15 is 0 Å². The topological polar surface area (TPSA) is 29.9 Å². The number of rotatable bonds is 5. The van der Waals surface area contributed by atoms with Crippen molar-refractivity contribution in [1.29, 1.82) is 0 Å². The first-order valence-electron chi connectivity index (χ1n) is 6.95. The monoisotopic (exact) mass is 257 g/mol. The average Bonchev–Trinajstić information content (AvgIpc) is 2.76. The van der Waals surface area contributed by atoms with Crippen LogP contribution in [0.4, 0.5) is 0 Å². The van der Waals surface area contributed by atoms with Gasteiger partial charge in [0.1, 0.15) is 0 Å². The molecule has 0 saturated carbocycles. The van der Waals surface area contributed by atoms with Gasteiger partial charge in [-0.15, -0.1) is 0 Å². The van der Waals surface area contributed by atoms with Gasteiger partial charge in [0, 0.05) is 24.3 Å². The van der Waals surface area contributed by atoms with Crippen molar-refractivity contribution in [3.8, 4) is 11.1 Å². The van der Waals surface area contributed by atoms with E-state index in [1.54, 1.807) is 0 Å². The molecule has 0 spiro atoms. The molecule has 2 aromatic rings. The van der Waals surface area contributed by atoms with Crippen molar-refractivity contribution in [2.75, 3.05) is 6.54 Å². The van der Waals surface area contributed by atoms with Crippen LogP contribution in [-0.2, 0) is 7.05 Å². The fraction of sp³-hybridized carbons (Fsp3) is 0.438. The predicted molar refractivity (Wildman–Crippen MR) is 80.1 cm³/mol. The molecule has 0 aliphatic heterocycles. The van der Waals surface area contributed by atoms with Crippen LogP contribution in [0.2, 0.25) is 0 Å². The SMILES string of the molecule is CCCNC(C)c1ccc(-c2cnn(C)c2C)cc1. The van der Waals surface area contributed by atoms with Gasteiger partial charge in [0.25, 0.3) is 0 Å². The van der Waals surface area contributed by atoms with Gasteiger partial charge in [-0.25, -0.2) is 0 Å². The second-order valence-electron chi connectivity index (χ2n) is 5.07. The van der Waals surface area contributed by atoms with Crippen molar-refractivity contribution in [2.45, 2.75) is 33.2 Å². The van der Waals surface area contributed by atoms with E-state index in [0.29, 0.717) is 6.04 Å². The van der Waals surface area contributed by atoms with Gasteiger partial charge in [0.05, 0.1) is 6.20 Å². The van der Waals surface area contributed by atoms with Crippen LogP contribution >= 0.6 is 0 Å². The van der Waals surface area contributed by atoms with Gasteiger partial charge in [-0.1, -0.05) is 31.2 Å². The van der Waals surface area contributed by atoms with Crippen LogP contribution in [0.1, 0.15) is 37.6 Å². The Kier molecular flexibility index (Phi) is 4.38. The molecule has 0 bridgehead atoms. The van der Waals surface area contributed by atoms with Crippen LogP contribution in [0.5, 0.6) is 0 Å². The molecule has 1 heterocycles. The lowest BCUT2D eigenvalue weighted by Crippen LogP contribution is -2.19. The van der Waals surface area contributed by atoms with Crippen LogP contribution in [0.15, 0.2) is 30.5 Å². The van der Waals surface area contributed by atoms with Gasteiger partial charge in [-0.2, -0.15) is 5.10 Å². The summed E-state index contributed by atoms with van der Waals surface area (Å²) in [6.45, 7) is 7.56. The van der Waals surface area contributed by atoms with Crippen LogP contribution in [0, 0.1) is 6.92 Å². The van der Waals surface area contributed by atoms with E-state index in [-0.39, 0.29) is 0 Å². The molecule has 1 N–H and O–H groups in total. The molecule has 102 valence electrons.